The van der Waals surface area contributed by atoms with Crippen molar-refractivity contribution in [3.05, 3.63) is 120 Å². The number of aliphatic hydroxyl groups excluding tert-OH is 1. The zero-order valence-electron chi connectivity index (χ0n) is 49.2. The van der Waals surface area contributed by atoms with Crippen molar-refractivity contribution in [3.63, 3.8) is 0 Å². The molecule has 18 nitrogen and oxygen atoms in total. The molecule has 18 atom stereocenters. The maximum Gasteiger partial charge on any atom is 0.338 e. The molecule has 7 rings (SSSR count). The number of carbonyl (C=O) groups is 3. The number of pyridine rings is 1. The lowest BCUT2D eigenvalue weighted by molar-refractivity contribution is -0.319. The first-order valence-corrected chi connectivity index (χ1v) is 28.3. The molecule has 3 aliphatic rings. The molecule has 18 heteroatoms. The number of rotatable bonds is 15. The molecule has 1 aromatic heterocycles. The van der Waals surface area contributed by atoms with E-state index in [2.05, 4.69) is 10.1 Å². The largest absolute Gasteiger partial charge is 0.459 e. The summed E-state index contributed by atoms with van der Waals surface area (Å²) in [4.78, 5) is 49.4. The topological polar surface area (TPSA) is 223 Å². The van der Waals surface area contributed by atoms with Crippen LogP contribution >= 0.6 is 0 Å². The monoisotopic (exact) mass is 1120 g/mol. The van der Waals surface area contributed by atoms with Crippen LogP contribution in [0.3, 0.4) is 0 Å². The van der Waals surface area contributed by atoms with E-state index in [0.717, 1.165) is 16.5 Å². The van der Waals surface area contributed by atoms with Gasteiger partial charge < -0.3 is 63.0 Å². The molecule has 81 heavy (non-hydrogen) atoms. The molecule has 3 aromatic carbocycles. The smallest absolute Gasteiger partial charge is 0.338 e. The molecule has 3 N–H and O–H groups in total. The zero-order valence-corrected chi connectivity index (χ0v) is 49.2. The molecule has 3 fully saturated rings. The van der Waals surface area contributed by atoms with E-state index in [1.54, 1.807) is 95.4 Å². The van der Waals surface area contributed by atoms with Crippen LogP contribution < -0.4 is 0 Å². The van der Waals surface area contributed by atoms with Gasteiger partial charge in [-0.25, -0.2) is 9.59 Å². The third-order valence-corrected chi connectivity index (χ3v) is 16.8. The molecule has 4 aromatic rings. The minimum absolute atomic E-state index is 0.00434. The second-order valence-electron chi connectivity index (χ2n) is 23.2. The quantitative estimate of drug-likeness (QED) is 0.0437. The van der Waals surface area contributed by atoms with Crippen molar-refractivity contribution in [2.24, 2.45) is 28.8 Å². The lowest BCUT2D eigenvalue weighted by atomic mass is 9.73. The van der Waals surface area contributed by atoms with Gasteiger partial charge in [-0.3, -0.25) is 9.78 Å². The van der Waals surface area contributed by atoms with Gasteiger partial charge in [0.25, 0.3) is 0 Å². The maximum atomic E-state index is 15.1. The highest BCUT2D eigenvalue weighted by Gasteiger charge is 2.55. The van der Waals surface area contributed by atoms with Crippen molar-refractivity contribution in [2.75, 3.05) is 27.8 Å². The van der Waals surface area contributed by atoms with Crippen molar-refractivity contribution in [3.8, 4) is 0 Å². The van der Waals surface area contributed by atoms with Crippen molar-refractivity contribution in [1.29, 1.82) is 0 Å². The Balaban J connectivity index is 1.37. The van der Waals surface area contributed by atoms with Gasteiger partial charge in [-0.05, 0) is 117 Å². The summed E-state index contributed by atoms with van der Waals surface area (Å²) in [6.45, 7) is 17.5. The summed E-state index contributed by atoms with van der Waals surface area (Å²) >= 11 is 0. The van der Waals surface area contributed by atoms with Gasteiger partial charge in [-0.15, -0.1) is 0 Å². The number of benzene rings is 3. The van der Waals surface area contributed by atoms with Crippen molar-refractivity contribution >= 4 is 40.6 Å². The highest BCUT2D eigenvalue weighted by molar-refractivity contribution is 5.90. The van der Waals surface area contributed by atoms with E-state index in [1.165, 1.54) is 14.0 Å². The van der Waals surface area contributed by atoms with Crippen LogP contribution in [0, 0.1) is 23.7 Å². The lowest BCUT2D eigenvalue weighted by Crippen LogP contribution is -2.62. The van der Waals surface area contributed by atoms with Crippen molar-refractivity contribution in [2.45, 2.75) is 179 Å². The number of carbonyl (C=O) groups excluding carboxylic acids is 3. The molecule has 442 valence electrons. The number of hydrogen-bond donors (Lipinski definition) is 3. The van der Waals surface area contributed by atoms with Crippen LogP contribution in [0.5, 0.6) is 0 Å². The number of esters is 3. The normalized spacial score (nSPS) is 36.0. The molecule has 0 amide bonds. The van der Waals surface area contributed by atoms with E-state index >= 15 is 4.79 Å². The van der Waals surface area contributed by atoms with E-state index in [-0.39, 0.29) is 31.6 Å². The van der Waals surface area contributed by atoms with E-state index in [9.17, 15) is 25.0 Å². The Kier molecular flexibility index (Phi) is 21.1. The van der Waals surface area contributed by atoms with Crippen LogP contribution in [-0.4, -0.2) is 161 Å². The first-order valence-electron chi connectivity index (χ1n) is 28.3. The van der Waals surface area contributed by atoms with Gasteiger partial charge in [0, 0.05) is 42.9 Å². The number of aromatic nitrogens is 1. The van der Waals surface area contributed by atoms with Gasteiger partial charge in [0.2, 0.25) is 0 Å². The summed E-state index contributed by atoms with van der Waals surface area (Å²) in [6.07, 6.45) is -4.50. The van der Waals surface area contributed by atoms with Crippen LogP contribution in [-0.2, 0) is 47.4 Å². The second kappa shape index (κ2) is 27.2. The molecule has 0 bridgehead atoms. The van der Waals surface area contributed by atoms with Crippen LogP contribution in [0.15, 0.2) is 108 Å². The summed E-state index contributed by atoms with van der Waals surface area (Å²) in [7, 11) is 5.31. The van der Waals surface area contributed by atoms with Gasteiger partial charge in [0.1, 0.15) is 17.3 Å². The molecule has 0 radical (unpaired) electrons. The van der Waals surface area contributed by atoms with E-state index < -0.39 is 126 Å². The predicted octanol–water partition coefficient (Wildman–Crippen LogP) is 9.06. The Morgan fingerprint density at radius 2 is 1.44 bits per heavy atom. The molecule has 3 saturated heterocycles. The Bertz CT molecular complexity index is 2780. The third kappa shape index (κ3) is 14.6. The SMILES string of the molecule is CCC1OC(=O)[C@H](C)C(O[C@H]2C[C@@](C)(OC)[C@@H](OC(=O)c3ccccc3)[C@H](C)O2)[C@H](C)[C@@H](O[C@@H]2O[C@H](C)C[C@H](N(C)C)[C@H]2OC(=O)c2ccccc2)[C@](C)(OC/C=C/c2cnc3ccccc3c2)C[C@@H](C)/C(=N\O)[C@H](C)[C@@H](O)[C@]1(C)O. The summed E-state index contributed by atoms with van der Waals surface area (Å²) in [5.41, 5.74) is -2.22. The van der Waals surface area contributed by atoms with Gasteiger partial charge in [-0.2, -0.15) is 0 Å². The Morgan fingerprint density at radius 1 is 0.815 bits per heavy atom. The Hall–Kier alpha value is -5.67. The number of ether oxygens (including phenoxy) is 9. The van der Waals surface area contributed by atoms with Gasteiger partial charge in [0.05, 0.1) is 77.0 Å². The van der Waals surface area contributed by atoms with Crippen molar-refractivity contribution < 1.29 is 72.4 Å². The number of fused-ring (bicyclic) bond motifs is 1. The summed E-state index contributed by atoms with van der Waals surface area (Å²) in [5, 5.41) is 40.0. The third-order valence-electron chi connectivity index (χ3n) is 16.8. The van der Waals surface area contributed by atoms with E-state index in [1.807, 2.05) is 95.2 Å². The molecule has 0 saturated carbocycles. The average Bonchev–Trinajstić information content (AvgIpc) is 3.50. The number of likely N-dealkylation sites (N-methyl/N-ethyl adjacent to an activating group) is 1. The summed E-state index contributed by atoms with van der Waals surface area (Å²) in [5.74, 6) is -5.65. The van der Waals surface area contributed by atoms with Crippen molar-refractivity contribution in [1.82, 2.24) is 9.88 Å². The fourth-order valence-electron chi connectivity index (χ4n) is 12.2. The molecule has 0 aliphatic carbocycles. The Labute approximate surface area is 477 Å². The first-order chi connectivity index (χ1) is 38.4. The number of cyclic esters (lactones) is 1. The standard InChI is InChI=1S/C63H85N3O15/c1-14-49-63(10,71)54(67)39(4)51(65-72)37(2)34-62(9,74-31-23-24-43-33-46-29-21-22-30-47(46)64-36-43)55(81-60-53(48(66(11)12)32-38(3)75-60)79-58(69)44-25-17-15-18-26-44)40(5)52(41(6)57(68)77-49)78-50-35-61(8,73-13)56(42(7)76-50)80-59(70)45-27-19-16-20-28-45/h15-30,33,36-42,48-50,52-56,60,67,71-72H,14,31-32,34-35H2,1-13H3/b24-23+,65-51+/t37-,38-,39+,40+,41-,42+,48+,49?,50+,52?,53-,54-,55-,56+,60+,61-,62-,63-/m1/s1. The number of nitrogens with zero attached hydrogens (tertiary/aromatic N) is 3. The van der Waals surface area contributed by atoms with Crippen LogP contribution in [0.25, 0.3) is 17.0 Å². The number of methoxy groups -OCH3 is 1. The minimum Gasteiger partial charge on any atom is -0.459 e. The molecule has 3 aliphatic heterocycles. The molecule has 0 spiro atoms. The minimum atomic E-state index is -2.04. The van der Waals surface area contributed by atoms with Crippen LogP contribution in [0.1, 0.15) is 121 Å². The van der Waals surface area contributed by atoms with Crippen LogP contribution in [0.4, 0.5) is 0 Å². The van der Waals surface area contributed by atoms with Gasteiger partial charge in [0.15, 0.2) is 24.8 Å². The molecule has 4 heterocycles. The second-order valence-corrected chi connectivity index (χ2v) is 23.2. The highest BCUT2D eigenvalue weighted by Crippen LogP contribution is 2.43. The van der Waals surface area contributed by atoms with Crippen LogP contribution in [0.2, 0.25) is 0 Å². The first kappa shape index (κ1) is 62.9. The zero-order chi connectivity index (χ0) is 59.0. The molecular weight excluding hydrogens is 1040 g/mol. The predicted molar refractivity (Wildman–Crippen MR) is 304 cm³/mol. The molecule has 2 unspecified atom stereocenters. The van der Waals surface area contributed by atoms with Gasteiger partial charge in [-0.1, -0.05) is 99.6 Å². The van der Waals surface area contributed by atoms with E-state index in [0.29, 0.717) is 17.5 Å². The number of para-hydroxylation sites is 1. The number of aliphatic hydroxyl groups is 2. The average molecular weight is 1120 g/mol. The maximum absolute atomic E-state index is 15.1. The molecular formula is C63H85N3O15. The summed E-state index contributed by atoms with van der Waals surface area (Å²) < 4.78 is 60.3. The summed E-state index contributed by atoms with van der Waals surface area (Å²) in [6, 6.07) is 26.7. The highest BCUT2D eigenvalue weighted by atomic mass is 16.7. The van der Waals surface area contributed by atoms with E-state index in [4.69, 9.17) is 42.6 Å². The fraction of sp³-hybridized carbons (Fsp3) is 0.571. The lowest BCUT2D eigenvalue weighted by Gasteiger charge is -2.50. The number of oxime groups is 1. The number of hydrogen-bond acceptors (Lipinski definition) is 18. The van der Waals surface area contributed by atoms with Gasteiger partial charge >= 0.3 is 17.9 Å². The Morgan fingerprint density at radius 3 is 2.06 bits per heavy atom. The fourth-order valence-corrected chi connectivity index (χ4v) is 12.2.